The van der Waals surface area contributed by atoms with E-state index in [-0.39, 0.29) is 6.04 Å². The minimum Gasteiger partial charge on any atom is -0.324 e. The fraction of sp³-hybridized carbons (Fsp3) is 0.533. The third kappa shape index (κ3) is 2.63. The molecule has 2 N–H and O–H groups in total. The Kier molecular flexibility index (Phi) is 4.16. The number of hydrogen-bond donors (Lipinski definition) is 1. The van der Waals surface area contributed by atoms with E-state index < -0.39 is 0 Å². The van der Waals surface area contributed by atoms with Gasteiger partial charge in [0.25, 0.3) is 0 Å². The van der Waals surface area contributed by atoms with Crippen LogP contribution in [0.2, 0.25) is 5.02 Å². The number of benzene rings is 1. The average molecular weight is 280 g/mol. The molecule has 3 nitrogen and oxygen atoms in total. The summed E-state index contributed by atoms with van der Waals surface area (Å²) in [7, 11) is 0. The smallest absolute Gasteiger partial charge is 0.127 e. The van der Waals surface area contributed by atoms with Crippen LogP contribution in [0.25, 0.3) is 11.0 Å². The lowest BCUT2D eigenvalue weighted by Gasteiger charge is -2.21. The molecule has 2 unspecified atom stereocenters. The zero-order valence-electron chi connectivity index (χ0n) is 12.0. The van der Waals surface area contributed by atoms with E-state index in [4.69, 9.17) is 22.3 Å². The van der Waals surface area contributed by atoms with E-state index in [1.54, 1.807) is 0 Å². The van der Waals surface area contributed by atoms with Gasteiger partial charge in [-0.25, -0.2) is 4.98 Å². The van der Waals surface area contributed by atoms with Gasteiger partial charge in [-0.15, -0.1) is 0 Å². The van der Waals surface area contributed by atoms with Crippen molar-refractivity contribution in [3.8, 4) is 0 Å². The number of hydrogen-bond acceptors (Lipinski definition) is 2. The molecule has 0 amide bonds. The molecule has 2 rings (SSSR count). The van der Waals surface area contributed by atoms with Crippen LogP contribution in [0.3, 0.4) is 0 Å². The van der Waals surface area contributed by atoms with E-state index in [2.05, 4.69) is 32.3 Å². The van der Waals surface area contributed by atoms with Gasteiger partial charge in [0.2, 0.25) is 0 Å². The second kappa shape index (κ2) is 5.51. The number of nitrogens with two attached hydrogens (primary N) is 1. The molecule has 1 aromatic carbocycles. The largest absolute Gasteiger partial charge is 0.324 e. The highest BCUT2D eigenvalue weighted by Crippen LogP contribution is 2.29. The lowest BCUT2D eigenvalue weighted by molar-refractivity contribution is 0.415. The maximum atomic E-state index is 6.37. The van der Waals surface area contributed by atoms with Crippen LogP contribution in [0, 0.1) is 5.92 Å². The van der Waals surface area contributed by atoms with Crippen molar-refractivity contribution in [1.82, 2.24) is 9.55 Å². The van der Waals surface area contributed by atoms with Gasteiger partial charge < -0.3 is 10.3 Å². The van der Waals surface area contributed by atoms with Crippen LogP contribution < -0.4 is 5.73 Å². The zero-order valence-corrected chi connectivity index (χ0v) is 12.8. The van der Waals surface area contributed by atoms with Crippen molar-refractivity contribution in [2.75, 3.05) is 0 Å². The monoisotopic (exact) mass is 279 g/mol. The normalized spacial score (nSPS) is 15.1. The van der Waals surface area contributed by atoms with Crippen LogP contribution in [-0.2, 0) is 0 Å². The summed E-state index contributed by atoms with van der Waals surface area (Å²) in [6, 6.07) is 6.12. The molecule has 0 saturated carbocycles. The summed E-state index contributed by atoms with van der Waals surface area (Å²) >= 11 is 6.05. The van der Waals surface area contributed by atoms with E-state index in [1.807, 2.05) is 18.2 Å². The molecule has 4 heteroatoms. The molecule has 0 radical (unpaired) electrons. The maximum Gasteiger partial charge on any atom is 0.127 e. The first-order chi connectivity index (χ1) is 8.95. The Balaban J connectivity index is 2.62. The fourth-order valence-electron chi connectivity index (χ4n) is 2.38. The highest BCUT2D eigenvalue weighted by Gasteiger charge is 2.22. The topological polar surface area (TPSA) is 43.8 Å². The van der Waals surface area contributed by atoms with Crippen LogP contribution in [0.1, 0.15) is 52.0 Å². The summed E-state index contributed by atoms with van der Waals surface area (Å²) in [5.41, 5.74) is 8.40. The first-order valence-electron chi connectivity index (χ1n) is 6.88. The van der Waals surface area contributed by atoms with Crippen molar-refractivity contribution in [2.45, 2.75) is 46.2 Å². The van der Waals surface area contributed by atoms with Gasteiger partial charge in [0.1, 0.15) is 5.82 Å². The summed E-state index contributed by atoms with van der Waals surface area (Å²) in [6.45, 7) is 8.64. The third-order valence-electron chi connectivity index (χ3n) is 3.75. The first-order valence-corrected chi connectivity index (χ1v) is 7.26. The van der Waals surface area contributed by atoms with E-state index in [0.717, 1.165) is 23.3 Å². The number of nitrogens with zero attached hydrogens (tertiary/aromatic N) is 2. The highest BCUT2D eigenvalue weighted by molar-refractivity contribution is 6.31. The second-order valence-electron chi connectivity index (χ2n) is 5.48. The van der Waals surface area contributed by atoms with Gasteiger partial charge in [0, 0.05) is 11.1 Å². The summed E-state index contributed by atoms with van der Waals surface area (Å²) < 4.78 is 2.22. The molecule has 0 saturated heterocycles. The van der Waals surface area contributed by atoms with Gasteiger partial charge in [-0.05, 0) is 38.0 Å². The van der Waals surface area contributed by atoms with Crippen molar-refractivity contribution >= 4 is 22.6 Å². The number of halogens is 1. The van der Waals surface area contributed by atoms with Gasteiger partial charge in [-0.1, -0.05) is 31.9 Å². The van der Waals surface area contributed by atoms with Crippen molar-refractivity contribution in [3.05, 3.63) is 29.0 Å². The lowest BCUT2D eigenvalue weighted by atomic mass is 9.99. The maximum absolute atomic E-state index is 6.37. The van der Waals surface area contributed by atoms with E-state index in [9.17, 15) is 0 Å². The molecule has 0 aliphatic heterocycles. The third-order valence-corrected chi connectivity index (χ3v) is 3.99. The first kappa shape index (κ1) is 14.4. The van der Waals surface area contributed by atoms with Crippen LogP contribution in [0.5, 0.6) is 0 Å². The summed E-state index contributed by atoms with van der Waals surface area (Å²) in [5, 5.41) is 0.713. The van der Waals surface area contributed by atoms with Gasteiger partial charge in [0.15, 0.2) is 0 Å². The van der Waals surface area contributed by atoms with Gasteiger partial charge in [0.05, 0.1) is 17.1 Å². The summed E-state index contributed by atoms with van der Waals surface area (Å²) in [5.74, 6) is 1.37. The Morgan fingerprint density at radius 2 is 2.00 bits per heavy atom. The Morgan fingerprint density at radius 1 is 1.32 bits per heavy atom. The number of rotatable bonds is 4. The Morgan fingerprint density at radius 3 is 2.58 bits per heavy atom. The predicted octanol–water partition coefficient (Wildman–Crippen LogP) is 4.32. The minimum atomic E-state index is -0.0430. The van der Waals surface area contributed by atoms with Crippen molar-refractivity contribution in [2.24, 2.45) is 11.7 Å². The Bertz CT molecular complexity index is 574. The molecule has 0 aliphatic rings. The van der Waals surface area contributed by atoms with Crippen LogP contribution in [0.4, 0.5) is 0 Å². The molecular weight excluding hydrogens is 258 g/mol. The summed E-state index contributed by atoms with van der Waals surface area (Å²) in [6.07, 6.45) is 1.04. The lowest BCUT2D eigenvalue weighted by Crippen LogP contribution is -2.23. The molecule has 0 fully saturated rings. The molecule has 1 heterocycles. The predicted molar refractivity (Wildman–Crippen MR) is 81.5 cm³/mol. The molecule has 0 spiro atoms. The van der Waals surface area contributed by atoms with Crippen molar-refractivity contribution in [1.29, 1.82) is 0 Å². The van der Waals surface area contributed by atoms with E-state index >= 15 is 0 Å². The van der Waals surface area contributed by atoms with Crippen LogP contribution in [0.15, 0.2) is 18.2 Å². The quantitative estimate of drug-likeness (QED) is 0.906. The average Bonchev–Trinajstić information content (AvgIpc) is 2.75. The fourth-order valence-corrected chi connectivity index (χ4v) is 2.54. The van der Waals surface area contributed by atoms with Crippen molar-refractivity contribution < 1.29 is 0 Å². The molecule has 104 valence electrons. The summed E-state index contributed by atoms with van der Waals surface area (Å²) in [4.78, 5) is 4.72. The molecular formula is C15H22ClN3. The van der Waals surface area contributed by atoms with Gasteiger partial charge in [-0.3, -0.25) is 0 Å². The Labute approximate surface area is 119 Å². The van der Waals surface area contributed by atoms with Crippen LogP contribution >= 0.6 is 11.6 Å². The SMILES string of the molecule is CCC(C)C(N)c1nc2cc(Cl)ccc2n1C(C)C. The molecule has 19 heavy (non-hydrogen) atoms. The molecule has 0 bridgehead atoms. The number of aromatic nitrogens is 2. The van der Waals surface area contributed by atoms with Gasteiger partial charge >= 0.3 is 0 Å². The van der Waals surface area contributed by atoms with E-state index in [0.29, 0.717) is 17.0 Å². The molecule has 1 aromatic heterocycles. The Hall–Kier alpha value is -1.06. The standard InChI is InChI=1S/C15H22ClN3/c1-5-10(4)14(17)15-18-12-8-11(16)6-7-13(12)19(15)9(2)3/h6-10,14H,5,17H2,1-4H3. The van der Waals surface area contributed by atoms with Gasteiger partial charge in [-0.2, -0.15) is 0 Å². The molecule has 2 aromatic rings. The second-order valence-corrected chi connectivity index (χ2v) is 5.91. The molecule has 0 aliphatic carbocycles. The number of fused-ring (bicyclic) bond motifs is 1. The van der Waals surface area contributed by atoms with Crippen molar-refractivity contribution in [3.63, 3.8) is 0 Å². The molecule has 2 atom stereocenters. The number of imidazole rings is 1. The minimum absolute atomic E-state index is 0.0430. The highest BCUT2D eigenvalue weighted by atomic mass is 35.5. The zero-order chi connectivity index (χ0) is 14.2. The van der Waals surface area contributed by atoms with E-state index in [1.165, 1.54) is 0 Å². The van der Waals surface area contributed by atoms with Crippen LogP contribution in [-0.4, -0.2) is 9.55 Å².